The molecule has 0 N–H and O–H groups in total. The van der Waals surface area contributed by atoms with Gasteiger partial charge in [-0.2, -0.15) is 0 Å². The Morgan fingerprint density at radius 3 is 1.91 bits per heavy atom. The number of halogens is 2. The van der Waals surface area contributed by atoms with E-state index in [-0.39, 0.29) is 5.92 Å². The lowest BCUT2D eigenvalue weighted by molar-refractivity contribution is 0.223. The van der Waals surface area contributed by atoms with Gasteiger partial charge in [0.2, 0.25) is 0 Å². The Balaban J connectivity index is 1.31. The van der Waals surface area contributed by atoms with Crippen LogP contribution >= 0.6 is 0 Å². The quantitative estimate of drug-likeness (QED) is 0.304. The maximum absolute atomic E-state index is 15.2. The topological polar surface area (TPSA) is 0 Å². The van der Waals surface area contributed by atoms with Crippen LogP contribution in [0.25, 0.3) is 10.8 Å². The molecule has 0 atom stereocenters. The average Bonchev–Trinajstić information content (AvgIpc) is 2.87. The first-order valence-corrected chi connectivity index (χ1v) is 14.5. The SMILES string of the molecule is CCCCCc1ccc2cc(C3CCC(CCC4CCC(CCC)CC4)CC3)c(F)c(F)c2c1. The molecule has 0 unspecified atom stereocenters. The molecule has 0 amide bonds. The first-order valence-electron chi connectivity index (χ1n) is 14.5. The summed E-state index contributed by atoms with van der Waals surface area (Å²) in [5.74, 6) is 1.65. The van der Waals surface area contributed by atoms with Crippen LogP contribution in [0.1, 0.15) is 127 Å². The molecule has 2 aromatic rings. The Kier molecular flexibility index (Phi) is 9.43. The lowest BCUT2D eigenvalue weighted by Crippen LogP contribution is -2.18. The van der Waals surface area contributed by atoms with E-state index < -0.39 is 11.6 Å². The van der Waals surface area contributed by atoms with E-state index >= 15 is 8.78 Å². The summed E-state index contributed by atoms with van der Waals surface area (Å²) in [4.78, 5) is 0. The molecule has 188 valence electrons. The Bertz CT molecular complexity index is 901. The van der Waals surface area contributed by atoms with Gasteiger partial charge < -0.3 is 0 Å². The maximum Gasteiger partial charge on any atom is 0.166 e. The predicted octanol–water partition coefficient (Wildman–Crippen LogP) is 10.5. The summed E-state index contributed by atoms with van der Waals surface area (Å²) in [5.41, 5.74) is 1.74. The molecule has 2 fully saturated rings. The molecule has 2 aromatic carbocycles. The second kappa shape index (κ2) is 12.5. The lowest BCUT2D eigenvalue weighted by Gasteiger charge is -2.32. The van der Waals surface area contributed by atoms with Gasteiger partial charge in [0.05, 0.1) is 0 Å². The fourth-order valence-electron chi connectivity index (χ4n) is 6.88. The molecule has 0 aliphatic heterocycles. The van der Waals surface area contributed by atoms with Gasteiger partial charge in [-0.15, -0.1) is 0 Å². The standard InChI is InChI=1S/C32H46F2/c1-3-5-6-8-26-17-20-28-22-30(32(34)31(33)29(28)21-26)27-18-15-25(16-19-27)14-13-24-11-9-23(7-4-2)10-12-24/h17,20-25,27H,3-16,18-19H2,1-2H3. The summed E-state index contributed by atoms with van der Waals surface area (Å²) >= 11 is 0. The number of unbranched alkanes of at least 4 members (excludes halogenated alkanes) is 2. The van der Waals surface area contributed by atoms with Gasteiger partial charge in [0.1, 0.15) is 0 Å². The van der Waals surface area contributed by atoms with E-state index in [1.165, 1.54) is 77.0 Å². The third kappa shape index (κ3) is 6.41. The lowest BCUT2D eigenvalue weighted by atomic mass is 9.73. The molecular formula is C32H46F2. The van der Waals surface area contributed by atoms with Crippen LogP contribution in [0.3, 0.4) is 0 Å². The fourth-order valence-corrected chi connectivity index (χ4v) is 6.88. The molecule has 0 spiro atoms. The normalized spacial score (nSPS) is 25.6. The van der Waals surface area contributed by atoms with Crippen molar-refractivity contribution in [2.75, 3.05) is 0 Å². The van der Waals surface area contributed by atoms with Crippen molar-refractivity contribution >= 4 is 10.8 Å². The predicted molar refractivity (Wildman–Crippen MR) is 141 cm³/mol. The maximum atomic E-state index is 15.2. The van der Waals surface area contributed by atoms with Crippen LogP contribution in [-0.4, -0.2) is 0 Å². The van der Waals surface area contributed by atoms with Gasteiger partial charge in [0.25, 0.3) is 0 Å². The first-order chi connectivity index (χ1) is 16.6. The van der Waals surface area contributed by atoms with Crippen LogP contribution in [0.5, 0.6) is 0 Å². The van der Waals surface area contributed by atoms with Gasteiger partial charge in [-0.1, -0.05) is 90.2 Å². The van der Waals surface area contributed by atoms with E-state index in [4.69, 9.17) is 0 Å². The van der Waals surface area contributed by atoms with Crippen LogP contribution in [0, 0.1) is 29.4 Å². The summed E-state index contributed by atoms with van der Waals surface area (Å²) in [5, 5.41) is 1.31. The van der Waals surface area contributed by atoms with Crippen LogP contribution in [0.2, 0.25) is 0 Å². The molecule has 0 bridgehead atoms. The van der Waals surface area contributed by atoms with E-state index in [0.717, 1.165) is 54.4 Å². The van der Waals surface area contributed by atoms with Gasteiger partial charge in [0.15, 0.2) is 11.6 Å². The zero-order valence-electron chi connectivity index (χ0n) is 21.7. The van der Waals surface area contributed by atoms with Gasteiger partial charge in [-0.05, 0) is 90.8 Å². The minimum atomic E-state index is -0.634. The van der Waals surface area contributed by atoms with E-state index in [9.17, 15) is 0 Å². The highest BCUT2D eigenvalue weighted by molar-refractivity contribution is 5.85. The van der Waals surface area contributed by atoms with E-state index in [2.05, 4.69) is 19.9 Å². The van der Waals surface area contributed by atoms with Crippen LogP contribution in [0.15, 0.2) is 24.3 Å². The summed E-state index contributed by atoms with van der Waals surface area (Å²) in [6.07, 6.45) is 20.0. The molecule has 0 aromatic heterocycles. The molecule has 4 rings (SSSR count). The largest absolute Gasteiger partial charge is 0.203 e. The monoisotopic (exact) mass is 468 g/mol. The van der Waals surface area contributed by atoms with Crippen LogP contribution in [0.4, 0.5) is 8.78 Å². The third-order valence-electron chi connectivity index (χ3n) is 9.11. The molecule has 0 radical (unpaired) electrons. The third-order valence-corrected chi connectivity index (χ3v) is 9.11. The molecular weight excluding hydrogens is 422 g/mol. The van der Waals surface area contributed by atoms with Crippen LogP contribution in [-0.2, 0) is 6.42 Å². The number of benzene rings is 2. The highest BCUT2D eigenvalue weighted by Gasteiger charge is 2.28. The van der Waals surface area contributed by atoms with Gasteiger partial charge in [-0.3, -0.25) is 0 Å². The first kappa shape index (κ1) is 25.6. The Hall–Kier alpha value is -1.44. The van der Waals surface area contributed by atoms with E-state index in [1.54, 1.807) is 0 Å². The molecule has 0 saturated heterocycles. The van der Waals surface area contributed by atoms with Crippen molar-refractivity contribution in [3.8, 4) is 0 Å². The molecule has 0 heterocycles. The number of rotatable bonds is 10. The minimum absolute atomic E-state index is 0.170. The number of hydrogen-bond donors (Lipinski definition) is 0. The van der Waals surface area contributed by atoms with Gasteiger partial charge in [0, 0.05) is 5.39 Å². The molecule has 2 saturated carbocycles. The Labute approximate surface area is 206 Å². The highest BCUT2D eigenvalue weighted by Crippen LogP contribution is 2.42. The van der Waals surface area contributed by atoms with Crippen molar-refractivity contribution in [2.45, 2.75) is 122 Å². The van der Waals surface area contributed by atoms with Gasteiger partial charge in [-0.25, -0.2) is 8.78 Å². The van der Waals surface area contributed by atoms with Crippen molar-refractivity contribution < 1.29 is 8.78 Å². The molecule has 2 aliphatic rings. The number of aryl methyl sites for hydroxylation is 1. The average molecular weight is 469 g/mol. The Morgan fingerprint density at radius 2 is 1.29 bits per heavy atom. The van der Waals surface area contributed by atoms with Crippen molar-refractivity contribution in [3.05, 3.63) is 47.0 Å². The minimum Gasteiger partial charge on any atom is -0.203 e. The zero-order chi connectivity index (χ0) is 23.9. The van der Waals surface area contributed by atoms with E-state index in [0.29, 0.717) is 10.9 Å². The number of hydrogen-bond acceptors (Lipinski definition) is 0. The van der Waals surface area contributed by atoms with Crippen molar-refractivity contribution in [1.82, 2.24) is 0 Å². The smallest absolute Gasteiger partial charge is 0.166 e. The molecule has 34 heavy (non-hydrogen) atoms. The summed E-state index contributed by atoms with van der Waals surface area (Å²) < 4.78 is 30.2. The van der Waals surface area contributed by atoms with Crippen molar-refractivity contribution in [2.24, 2.45) is 17.8 Å². The second-order valence-electron chi connectivity index (χ2n) is 11.6. The zero-order valence-corrected chi connectivity index (χ0v) is 21.7. The van der Waals surface area contributed by atoms with E-state index in [1.807, 2.05) is 18.2 Å². The van der Waals surface area contributed by atoms with Crippen molar-refractivity contribution in [1.29, 1.82) is 0 Å². The van der Waals surface area contributed by atoms with Crippen molar-refractivity contribution in [3.63, 3.8) is 0 Å². The Morgan fingerprint density at radius 1 is 0.676 bits per heavy atom. The molecule has 2 aliphatic carbocycles. The summed E-state index contributed by atoms with van der Waals surface area (Å²) in [6.45, 7) is 4.50. The molecule has 0 nitrogen and oxygen atoms in total. The molecule has 2 heteroatoms. The summed E-state index contributed by atoms with van der Waals surface area (Å²) in [6, 6.07) is 7.93. The summed E-state index contributed by atoms with van der Waals surface area (Å²) in [7, 11) is 0. The number of fused-ring (bicyclic) bond motifs is 1. The fraction of sp³-hybridized carbons (Fsp3) is 0.688. The second-order valence-corrected chi connectivity index (χ2v) is 11.6. The van der Waals surface area contributed by atoms with Gasteiger partial charge >= 0.3 is 0 Å². The van der Waals surface area contributed by atoms with Crippen LogP contribution < -0.4 is 0 Å². The highest BCUT2D eigenvalue weighted by atomic mass is 19.2.